The summed E-state index contributed by atoms with van der Waals surface area (Å²) in [5.74, 6) is 0.283. The molecule has 0 bridgehead atoms. The Balaban J connectivity index is 1.51. The maximum atomic E-state index is 13.1. The number of allylic oxidation sites excluding steroid dienone is 1. The van der Waals surface area contributed by atoms with E-state index in [1.165, 1.54) is 40.8 Å². The number of aryl methyl sites for hydroxylation is 2. The third-order valence-corrected chi connectivity index (χ3v) is 7.98. The van der Waals surface area contributed by atoms with E-state index in [1.807, 2.05) is 20.0 Å². The Morgan fingerprint density at radius 1 is 1.19 bits per heavy atom. The van der Waals surface area contributed by atoms with E-state index in [4.69, 9.17) is 0 Å². The molecule has 2 atom stereocenters. The zero-order chi connectivity index (χ0) is 22.0. The largest absolute Gasteiger partial charge is 0.345 e. The molecule has 1 aliphatic heterocycles. The Labute approximate surface area is 189 Å². The summed E-state index contributed by atoms with van der Waals surface area (Å²) in [7, 11) is 1.86. The summed E-state index contributed by atoms with van der Waals surface area (Å²) in [6.45, 7) is 4.61. The molecule has 2 amide bonds. The number of likely N-dealkylation sites (N-methyl/N-ethyl adjacent to an activating group) is 1. The first-order valence-corrected chi connectivity index (χ1v) is 12.2. The Kier molecular flexibility index (Phi) is 6.64. The maximum absolute atomic E-state index is 13.1. The van der Waals surface area contributed by atoms with Crippen molar-refractivity contribution in [2.45, 2.75) is 64.8 Å². The number of thiophene rings is 1. The van der Waals surface area contributed by atoms with Crippen LogP contribution in [0.25, 0.3) is 0 Å². The van der Waals surface area contributed by atoms with Crippen LogP contribution in [-0.4, -0.2) is 36.3 Å². The first kappa shape index (κ1) is 21.9. The number of fused-ring (bicyclic) bond motifs is 1. The molecule has 0 radical (unpaired) electrons. The lowest BCUT2D eigenvalue weighted by Gasteiger charge is -2.31. The van der Waals surface area contributed by atoms with Crippen LogP contribution in [0, 0.1) is 5.92 Å². The van der Waals surface area contributed by atoms with Crippen LogP contribution in [0.15, 0.2) is 46.7 Å². The lowest BCUT2D eigenvalue weighted by atomic mass is 9.84. The van der Waals surface area contributed by atoms with Crippen LogP contribution in [-0.2, 0) is 17.6 Å². The minimum atomic E-state index is 0.00196. The Morgan fingerprint density at radius 2 is 2.00 bits per heavy atom. The minimum Gasteiger partial charge on any atom is -0.345 e. The first-order chi connectivity index (χ1) is 14.9. The summed E-state index contributed by atoms with van der Waals surface area (Å²) in [6.07, 6.45) is 13.9. The molecule has 31 heavy (non-hydrogen) atoms. The summed E-state index contributed by atoms with van der Waals surface area (Å²) in [5.41, 5.74) is 7.60. The first-order valence-electron chi connectivity index (χ1n) is 11.4. The Bertz CT molecular complexity index is 983. The van der Waals surface area contributed by atoms with Crippen LogP contribution in [0.2, 0.25) is 0 Å². The van der Waals surface area contributed by atoms with E-state index in [-0.39, 0.29) is 23.8 Å². The molecule has 2 aliphatic carbocycles. The fourth-order valence-corrected chi connectivity index (χ4v) is 6.05. The van der Waals surface area contributed by atoms with Crippen molar-refractivity contribution >= 4 is 23.2 Å². The van der Waals surface area contributed by atoms with Crippen molar-refractivity contribution in [2.75, 3.05) is 13.6 Å². The van der Waals surface area contributed by atoms with Crippen LogP contribution in [0.1, 0.15) is 66.1 Å². The number of rotatable bonds is 3. The smallest absolute Gasteiger partial charge is 0.261 e. The van der Waals surface area contributed by atoms with Crippen molar-refractivity contribution in [1.82, 2.24) is 10.2 Å². The van der Waals surface area contributed by atoms with Crippen molar-refractivity contribution in [3.63, 3.8) is 0 Å². The molecule has 1 N–H and O–H groups in total. The zero-order valence-corrected chi connectivity index (χ0v) is 19.6. The zero-order valence-electron chi connectivity index (χ0n) is 18.8. The molecule has 0 aromatic carbocycles. The third-order valence-electron chi connectivity index (χ3n) is 6.75. The summed E-state index contributed by atoms with van der Waals surface area (Å²) in [4.78, 5) is 29.5. The second-order valence-corrected chi connectivity index (χ2v) is 10.2. The van der Waals surface area contributed by atoms with Crippen molar-refractivity contribution in [2.24, 2.45) is 5.92 Å². The highest BCUT2D eigenvalue weighted by atomic mass is 32.1. The number of carbonyl (C=O) groups excluding carboxylic acids is 2. The molecule has 4 rings (SSSR count). The van der Waals surface area contributed by atoms with Gasteiger partial charge in [-0.05, 0) is 81.2 Å². The van der Waals surface area contributed by atoms with Gasteiger partial charge in [0.2, 0.25) is 0 Å². The van der Waals surface area contributed by atoms with E-state index in [1.54, 1.807) is 16.2 Å². The standard InChI is InChI=1S/C26H32N2O2S/c1-17-9-7-11-20(16-28(3)26(17)30)21-12-8-13-22(18(21)2)27-25(29)24-15-19-10-5-4-6-14-23(19)31-24/h7-8,12,15,20,22H,4-6,10-11,13-14,16H2,1-3H3,(H,27,29). The fraction of sp³-hybridized carbons (Fsp3) is 0.500. The lowest BCUT2D eigenvalue weighted by Crippen LogP contribution is -2.38. The normalized spacial score (nSPS) is 24.3. The number of hydrogen-bond acceptors (Lipinski definition) is 3. The molecule has 2 heterocycles. The molecule has 0 fully saturated rings. The average molecular weight is 437 g/mol. The van der Waals surface area contributed by atoms with Crippen molar-refractivity contribution < 1.29 is 9.59 Å². The van der Waals surface area contributed by atoms with Gasteiger partial charge < -0.3 is 10.2 Å². The molecule has 164 valence electrons. The summed E-state index contributed by atoms with van der Waals surface area (Å²) >= 11 is 1.68. The van der Waals surface area contributed by atoms with Crippen molar-refractivity contribution in [3.8, 4) is 0 Å². The molecular weight excluding hydrogens is 404 g/mol. The molecule has 2 unspecified atom stereocenters. The monoisotopic (exact) mass is 436 g/mol. The third kappa shape index (κ3) is 4.78. The molecular formula is C26H32N2O2S. The number of nitrogens with one attached hydrogen (secondary N) is 1. The van der Waals surface area contributed by atoms with Crippen molar-refractivity contribution in [3.05, 3.63) is 62.1 Å². The summed E-state index contributed by atoms with van der Waals surface area (Å²) in [6, 6.07) is 2.12. The second kappa shape index (κ2) is 9.42. The molecule has 0 saturated carbocycles. The number of amides is 2. The fourth-order valence-electron chi connectivity index (χ4n) is 4.89. The summed E-state index contributed by atoms with van der Waals surface area (Å²) in [5, 5.41) is 3.29. The topological polar surface area (TPSA) is 49.4 Å². The predicted molar refractivity (Wildman–Crippen MR) is 126 cm³/mol. The van der Waals surface area contributed by atoms with Gasteiger partial charge in [-0.3, -0.25) is 9.59 Å². The van der Waals surface area contributed by atoms with Crippen LogP contribution in [0.5, 0.6) is 0 Å². The molecule has 4 nitrogen and oxygen atoms in total. The van der Waals surface area contributed by atoms with Crippen LogP contribution >= 0.6 is 11.3 Å². The lowest BCUT2D eigenvalue weighted by molar-refractivity contribution is -0.126. The average Bonchev–Trinajstić information content (AvgIpc) is 3.03. The van der Waals surface area contributed by atoms with E-state index < -0.39 is 0 Å². The summed E-state index contributed by atoms with van der Waals surface area (Å²) < 4.78 is 0. The van der Waals surface area contributed by atoms with Gasteiger partial charge in [0.1, 0.15) is 0 Å². The van der Waals surface area contributed by atoms with Gasteiger partial charge in [0.25, 0.3) is 11.8 Å². The van der Waals surface area contributed by atoms with Crippen molar-refractivity contribution in [1.29, 1.82) is 0 Å². The van der Waals surface area contributed by atoms with Gasteiger partial charge in [-0.2, -0.15) is 0 Å². The van der Waals surface area contributed by atoms with Gasteiger partial charge in [0.15, 0.2) is 0 Å². The number of carbonyl (C=O) groups is 2. The molecule has 0 spiro atoms. The SMILES string of the molecule is CC1=C=CCC(C2=C(C)C(NC(=O)c3cc4c(s3)CCCCC4)CC=C2)CN(C)C1=O. The van der Waals surface area contributed by atoms with E-state index in [2.05, 4.69) is 36.2 Å². The molecule has 1 aromatic rings. The maximum Gasteiger partial charge on any atom is 0.261 e. The molecule has 1 aromatic heterocycles. The highest BCUT2D eigenvalue weighted by Gasteiger charge is 2.27. The van der Waals surface area contributed by atoms with Crippen LogP contribution in [0.3, 0.4) is 0 Å². The Hall–Kier alpha value is -2.36. The highest BCUT2D eigenvalue weighted by Crippen LogP contribution is 2.31. The van der Waals surface area contributed by atoms with E-state index in [0.29, 0.717) is 12.1 Å². The van der Waals surface area contributed by atoms with Gasteiger partial charge in [0.05, 0.1) is 16.5 Å². The van der Waals surface area contributed by atoms with Gasteiger partial charge in [-0.25, -0.2) is 0 Å². The molecule has 5 heteroatoms. The van der Waals surface area contributed by atoms with Gasteiger partial charge >= 0.3 is 0 Å². The second-order valence-electron chi connectivity index (χ2n) is 9.01. The number of hydrogen-bond donors (Lipinski definition) is 1. The predicted octanol–water partition coefficient (Wildman–Crippen LogP) is 4.97. The Morgan fingerprint density at radius 3 is 2.84 bits per heavy atom. The minimum absolute atomic E-state index is 0.00196. The van der Waals surface area contributed by atoms with Gasteiger partial charge in [-0.15, -0.1) is 17.1 Å². The van der Waals surface area contributed by atoms with E-state index in [0.717, 1.165) is 30.6 Å². The number of nitrogens with zero attached hydrogens (tertiary/aromatic N) is 1. The van der Waals surface area contributed by atoms with Crippen LogP contribution in [0.4, 0.5) is 0 Å². The quantitative estimate of drug-likeness (QED) is 0.537. The van der Waals surface area contributed by atoms with Gasteiger partial charge in [0, 0.05) is 24.4 Å². The molecule has 0 saturated heterocycles. The highest BCUT2D eigenvalue weighted by molar-refractivity contribution is 7.14. The van der Waals surface area contributed by atoms with E-state index >= 15 is 0 Å². The van der Waals surface area contributed by atoms with Crippen LogP contribution < -0.4 is 5.32 Å². The molecule has 3 aliphatic rings. The van der Waals surface area contributed by atoms with E-state index in [9.17, 15) is 9.59 Å². The van der Waals surface area contributed by atoms with Gasteiger partial charge in [-0.1, -0.05) is 18.6 Å².